The molecular formula is C16H14FN3O2S. The Hall–Kier alpha value is -2.67. The monoisotopic (exact) mass is 331 g/mol. The smallest absolute Gasteiger partial charge is 0.259 e. The maximum absolute atomic E-state index is 13.3. The van der Waals surface area contributed by atoms with Crippen molar-refractivity contribution >= 4 is 15.8 Å². The highest BCUT2D eigenvalue weighted by Crippen LogP contribution is 2.23. The van der Waals surface area contributed by atoms with Crippen molar-refractivity contribution in [2.24, 2.45) is 0 Å². The number of hydrogen-bond acceptors (Lipinski definition) is 4. The van der Waals surface area contributed by atoms with Crippen LogP contribution < -0.4 is 5.73 Å². The van der Waals surface area contributed by atoms with Crippen molar-refractivity contribution in [3.8, 4) is 11.3 Å². The van der Waals surface area contributed by atoms with Gasteiger partial charge in [-0.25, -0.2) is 12.8 Å². The minimum absolute atomic E-state index is 0.0137. The lowest BCUT2D eigenvalue weighted by Gasteiger charge is -2.06. The summed E-state index contributed by atoms with van der Waals surface area (Å²) in [7, 11) is -3.75. The summed E-state index contributed by atoms with van der Waals surface area (Å²) in [5.41, 5.74) is 7.19. The van der Waals surface area contributed by atoms with Crippen molar-refractivity contribution in [1.29, 1.82) is 0 Å². The summed E-state index contributed by atoms with van der Waals surface area (Å²) in [4.78, 5) is 0. The number of nitrogens with two attached hydrogens (primary N) is 1. The highest BCUT2D eigenvalue weighted by atomic mass is 32.2. The Morgan fingerprint density at radius 2 is 1.78 bits per heavy atom. The van der Waals surface area contributed by atoms with Crippen molar-refractivity contribution in [3.63, 3.8) is 0 Å². The summed E-state index contributed by atoms with van der Waals surface area (Å²) < 4.78 is 39.1. The predicted octanol–water partition coefficient (Wildman–Crippen LogP) is 2.65. The van der Waals surface area contributed by atoms with Gasteiger partial charge in [0.25, 0.3) is 10.0 Å². The van der Waals surface area contributed by atoms with E-state index < -0.39 is 15.8 Å². The third-order valence-electron chi connectivity index (χ3n) is 3.28. The van der Waals surface area contributed by atoms with Crippen molar-refractivity contribution in [2.75, 3.05) is 5.73 Å². The van der Waals surface area contributed by atoms with Gasteiger partial charge in [-0.1, -0.05) is 42.5 Å². The van der Waals surface area contributed by atoms with E-state index in [1.54, 1.807) is 36.4 Å². The Bertz CT molecular complexity index is 937. The molecule has 1 heterocycles. The molecule has 0 fully saturated rings. The van der Waals surface area contributed by atoms with Gasteiger partial charge in [-0.05, 0) is 17.7 Å². The molecule has 118 valence electrons. The van der Waals surface area contributed by atoms with Crippen LogP contribution in [0.3, 0.4) is 0 Å². The summed E-state index contributed by atoms with van der Waals surface area (Å²) in [6.07, 6.45) is 0. The molecule has 0 atom stereocenters. The zero-order valence-electron chi connectivity index (χ0n) is 12.1. The van der Waals surface area contributed by atoms with Crippen LogP contribution in [0.2, 0.25) is 0 Å². The molecule has 2 aromatic carbocycles. The number of nitrogen functional groups attached to an aromatic ring is 1. The van der Waals surface area contributed by atoms with Gasteiger partial charge in [0.15, 0.2) is 0 Å². The van der Waals surface area contributed by atoms with Gasteiger partial charge in [0.1, 0.15) is 11.6 Å². The fourth-order valence-corrected chi connectivity index (χ4v) is 3.56. The molecule has 0 aliphatic heterocycles. The molecule has 0 unspecified atom stereocenters. The minimum Gasteiger partial charge on any atom is -0.383 e. The molecule has 7 heteroatoms. The van der Waals surface area contributed by atoms with Crippen LogP contribution in [0.4, 0.5) is 10.2 Å². The maximum atomic E-state index is 13.3. The third kappa shape index (κ3) is 3.24. The average molecular weight is 331 g/mol. The minimum atomic E-state index is -3.75. The first kappa shape index (κ1) is 15.2. The van der Waals surface area contributed by atoms with Crippen LogP contribution in [-0.4, -0.2) is 17.6 Å². The molecule has 0 bridgehead atoms. The fraction of sp³-hybridized carbons (Fsp3) is 0.0625. The second kappa shape index (κ2) is 5.85. The molecule has 0 spiro atoms. The second-order valence-electron chi connectivity index (χ2n) is 5.05. The predicted molar refractivity (Wildman–Crippen MR) is 86.5 cm³/mol. The molecule has 0 aliphatic rings. The zero-order chi connectivity index (χ0) is 16.4. The van der Waals surface area contributed by atoms with Crippen LogP contribution >= 0.6 is 0 Å². The van der Waals surface area contributed by atoms with Crippen molar-refractivity contribution in [1.82, 2.24) is 9.19 Å². The molecule has 3 rings (SSSR count). The maximum Gasteiger partial charge on any atom is 0.259 e. The Morgan fingerprint density at radius 3 is 2.48 bits per heavy atom. The molecule has 3 aromatic rings. The van der Waals surface area contributed by atoms with Gasteiger partial charge >= 0.3 is 0 Å². The Balaban J connectivity index is 1.97. The Labute approximate surface area is 133 Å². The molecule has 0 saturated carbocycles. The van der Waals surface area contributed by atoms with E-state index in [4.69, 9.17) is 5.73 Å². The van der Waals surface area contributed by atoms with Gasteiger partial charge < -0.3 is 5.73 Å². The zero-order valence-corrected chi connectivity index (χ0v) is 12.9. The standard InChI is InChI=1S/C16H14FN3O2S/c17-14-8-4-7-13(9-14)15-10-16(18)20(19-15)23(21,22)11-12-5-2-1-3-6-12/h1-10H,11,18H2. The highest BCUT2D eigenvalue weighted by molar-refractivity contribution is 7.89. The quantitative estimate of drug-likeness (QED) is 0.797. The number of benzene rings is 2. The van der Waals surface area contributed by atoms with Crippen LogP contribution in [0.15, 0.2) is 60.7 Å². The van der Waals surface area contributed by atoms with E-state index in [-0.39, 0.29) is 11.6 Å². The molecule has 0 saturated heterocycles. The van der Waals surface area contributed by atoms with Gasteiger partial charge in [0.05, 0.1) is 11.4 Å². The van der Waals surface area contributed by atoms with Crippen molar-refractivity contribution in [3.05, 3.63) is 72.0 Å². The van der Waals surface area contributed by atoms with Crippen molar-refractivity contribution < 1.29 is 12.8 Å². The largest absolute Gasteiger partial charge is 0.383 e. The van der Waals surface area contributed by atoms with Crippen molar-refractivity contribution in [2.45, 2.75) is 5.75 Å². The van der Waals surface area contributed by atoms with Gasteiger partial charge in [-0.15, -0.1) is 4.09 Å². The lowest BCUT2D eigenvalue weighted by atomic mass is 10.1. The van der Waals surface area contributed by atoms with Gasteiger partial charge in [-0.2, -0.15) is 5.10 Å². The second-order valence-corrected chi connectivity index (χ2v) is 6.85. The van der Waals surface area contributed by atoms with Crippen LogP contribution in [-0.2, 0) is 15.8 Å². The van der Waals surface area contributed by atoms with E-state index in [0.29, 0.717) is 16.8 Å². The van der Waals surface area contributed by atoms with E-state index in [2.05, 4.69) is 5.10 Å². The Kier molecular flexibility index (Phi) is 3.87. The summed E-state index contributed by atoms with van der Waals surface area (Å²) in [6, 6.07) is 15.9. The molecule has 0 radical (unpaired) electrons. The van der Waals surface area contributed by atoms with Gasteiger partial charge in [-0.3, -0.25) is 0 Å². The number of nitrogens with zero attached hydrogens (tertiary/aromatic N) is 2. The van der Waals surface area contributed by atoms with Gasteiger partial charge in [0, 0.05) is 11.6 Å². The lowest BCUT2D eigenvalue weighted by molar-refractivity contribution is 0.580. The summed E-state index contributed by atoms with van der Waals surface area (Å²) in [5.74, 6) is -0.662. The first-order valence-electron chi connectivity index (χ1n) is 6.84. The first-order chi connectivity index (χ1) is 11.0. The van der Waals surface area contributed by atoms with Crippen LogP contribution in [0, 0.1) is 5.82 Å². The lowest BCUT2D eigenvalue weighted by Crippen LogP contribution is -2.18. The van der Waals surface area contributed by atoms with E-state index in [1.165, 1.54) is 24.3 Å². The van der Waals surface area contributed by atoms with Gasteiger partial charge in [0.2, 0.25) is 0 Å². The average Bonchev–Trinajstić information content (AvgIpc) is 2.91. The number of anilines is 1. The normalized spacial score (nSPS) is 11.5. The number of halogens is 1. The molecule has 1 aromatic heterocycles. The molecule has 0 amide bonds. The highest BCUT2D eigenvalue weighted by Gasteiger charge is 2.20. The first-order valence-corrected chi connectivity index (χ1v) is 8.45. The Morgan fingerprint density at radius 1 is 1.04 bits per heavy atom. The fourth-order valence-electron chi connectivity index (χ4n) is 2.24. The van der Waals surface area contributed by atoms with Crippen LogP contribution in [0.25, 0.3) is 11.3 Å². The topological polar surface area (TPSA) is 78.0 Å². The molecule has 2 N–H and O–H groups in total. The van der Waals surface area contributed by atoms with Crippen LogP contribution in [0.1, 0.15) is 5.56 Å². The van der Waals surface area contributed by atoms with E-state index in [1.807, 2.05) is 0 Å². The SMILES string of the molecule is Nc1cc(-c2cccc(F)c2)nn1S(=O)(=O)Cc1ccccc1. The van der Waals surface area contributed by atoms with E-state index in [9.17, 15) is 12.8 Å². The summed E-state index contributed by atoms with van der Waals surface area (Å²) in [5, 5.41) is 4.03. The summed E-state index contributed by atoms with van der Waals surface area (Å²) in [6.45, 7) is 0. The number of aromatic nitrogens is 2. The van der Waals surface area contributed by atoms with E-state index in [0.717, 1.165) is 4.09 Å². The van der Waals surface area contributed by atoms with Crippen LogP contribution in [0.5, 0.6) is 0 Å². The molecule has 23 heavy (non-hydrogen) atoms. The van der Waals surface area contributed by atoms with E-state index >= 15 is 0 Å². The molecular weight excluding hydrogens is 317 g/mol. The number of rotatable bonds is 4. The third-order valence-corrected chi connectivity index (χ3v) is 4.80. The summed E-state index contributed by atoms with van der Waals surface area (Å²) >= 11 is 0. The number of hydrogen-bond donors (Lipinski definition) is 1. The molecule has 0 aliphatic carbocycles. The molecule has 5 nitrogen and oxygen atoms in total.